The van der Waals surface area contributed by atoms with Crippen LogP contribution in [0.25, 0.3) is 0 Å². The number of carbonyl (C=O) groups excluding carboxylic acids is 1. The fraction of sp³-hybridized carbons (Fsp3) is 0.909. The smallest absolute Gasteiger partial charge is 0.221 e. The lowest BCUT2D eigenvalue weighted by Gasteiger charge is -2.11. The third-order valence-corrected chi connectivity index (χ3v) is 2.04. The summed E-state index contributed by atoms with van der Waals surface area (Å²) in [5.41, 5.74) is 0. The molecule has 1 unspecified atom stereocenters. The van der Waals surface area contributed by atoms with Gasteiger partial charge in [0, 0.05) is 33.2 Å². The van der Waals surface area contributed by atoms with E-state index in [0.29, 0.717) is 12.3 Å². The van der Waals surface area contributed by atoms with Gasteiger partial charge in [0.1, 0.15) is 0 Å². The zero-order valence-corrected chi connectivity index (χ0v) is 10.1. The van der Waals surface area contributed by atoms with Crippen molar-refractivity contribution in [2.24, 2.45) is 5.92 Å². The second-order valence-corrected chi connectivity index (χ2v) is 3.86. The van der Waals surface area contributed by atoms with Gasteiger partial charge in [0.25, 0.3) is 0 Å². The predicted molar refractivity (Wildman–Crippen MR) is 61.8 cm³/mol. The van der Waals surface area contributed by atoms with Gasteiger partial charge in [-0.15, -0.1) is 0 Å². The first-order valence-electron chi connectivity index (χ1n) is 5.67. The van der Waals surface area contributed by atoms with E-state index >= 15 is 0 Å². The molecule has 1 atom stereocenters. The molecular formula is C11H24N2O2. The van der Waals surface area contributed by atoms with Gasteiger partial charge in [-0.3, -0.25) is 4.79 Å². The molecule has 90 valence electrons. The number of ether oxygens (including phenoxy) is 1. The summed E-state index contributed by atoms with van der Waals surface area (Å²) < 4.78 is 5.02. The Morgan fingerprint density at radius 2 is 2.13 bits per heavy atom. The molecule has 0 radical (unpaired) electrons. The van der Waals surface area contributed by atoms with E-state index in [1.807, 2.05) is 6.92 Å². The zero-order chi connectivity index (χ0) is 11.5. The Morgan fingerprint density at radius 3 is 2.73 bits per heavy atom. The van der Waals surface area contributed by atoms with Gasteiger partial charge in [-0.2, -0.15) is 0 Å². The van der Waals surface area contributed by atoms with E-state index in [-0.39, 0.29) is 5.91 Å². The highest BCUT2D eigenvalue weighted by Crippen LogP contribution is 1.91. The van der Waals surface area contributed by atoms with Crippen LogP contribution in [0, 0.1) is 5.92 Å². The lowest BCUT2D eigenvalue weighted by atomic mass is 10.2. The summed E-state index contributed by atoms with van der Waals surface area (Å²) in [4.78, 5) is 11.2. The van der Waals surface area contributed by atoms with Crippen LogP contribution in [-0.2, 0) is 9.53 Å². The fourth-order valence-electron chi connectivity index (χ4n) is 1.25. The van der Waals surface area contributed by atoms with E-state index < -0.39 is 0 Å². The molecule has 15 heavy (non-hydrogen) atoms. The second kappa shape index (κ2) is 9.93. The highest BCUT2D eigenvalue weighted by atomic mass is 16.5. The number of amides is 1. The summed E-state index contributed by atoms with van der Waals surface area (Å²) in [6.45, 7) is 7.34. The van der Waals surface area contributed by atoms with E-state index in [0.717, 1.165) is 32.7 Å². The first-order valence-corrected chi connectivity index (χ1v) is 5.67. The van der Waals surface area contributed by atoms with Crippen molar-refractivity contribution in [3.63, 3.8) is 0 Å². The largest absolute Gasteiger partial charge is 0.384 e. The third kappa shape index (κ3) is 9.69. The molecule has 0 bridgehead atoms. The zero-order valence-electron chi connectivity index (χ0n) is 10.1. The number of methoxy groups -OCH3 is 1. The highest BCUT2D eigenvalue weighted by Gasteiger charge is 2.02. The molecule has 4 nitrogen and oxygen atoms in total. The average Bonchev–Trinajstić information content (AvgIpc) is 2.22. The minimum Gasteiger partial charge on any atom is -0.384 e. The van der Waals surface area contributed by atoms with Crippen molar-refractivity contribution < 1.29 is 9.53 Å². The van der Waals surface area contributed by atoms with E-state index in [1.165, 1.54) is 0 Å². The van der Waals surface area contributed by atoms with Crippen LogP contribution in [0.4, 0.5) is 0 Å². The Morgan fingerprint density at radius 1 is 1.40 bits per heavy atom. The second-order valence-electron chi connectivity index (χ2n) is 3.86. The highest BCUT2D eigenvalue weighted by molar-refractivity contribution is 5.75. The standard InChI is InChI=1S/C11H24N2O2/c1-4-6-13-11(14)5-7-12-8-10(2)9-15-3/h10,12H,4-9H2,1-3H3,(H,13,14). The lowest BCUT2D eigenvalue weighted by molar-refractivity contribution is -0.120. The molecule has 0 aliphatic rings. The number of hydrogen-bond acceptors (Lipinski definition) is 3. The van der Waals surface area contributed by atoms with E-state index in [4.69, 9.17) is 4.74 Å². The summed E-state index contributed by atoms with van der Waals surface area (Å²) in [7, 11) is 1.70. The normalized spacial score (nSPS) is 12.5. The van der Waals surface area contributed by atoms with Gasteiger partial charge < -0.3 is 15.4 Å². The van der Waals surface area contributed by atoms with Crippen molar-refractivity contribution in [3.05, 3.63) is 0 Å². The van der Waals surface area contributed by atoms with Crippen LogP contribution in [0.5, 0.6) is 0 Å². The van der Waals surface area contributed by atoms with Crippen LogP contribution in [0.1, 0.15) is 26.7 Å². The van der Waals surface area contributed by atoms with Crippen molar-refractivity contribution in [3.8, 4) is 0 Å². The third-order valence-electron chi connectivity index (χ3n) is 2.04. The van der Waals surface area contributed by atoms with Gasteiger partial charge in [0.15, 0.2) is 0 Å². The topological polar surface area (TPSA) is 50.4 Å². The van der Waals surface area contributed by atoms with Crippen molar-refractivity contribution >= 4 is 5.91 Å². The molecule has 0 saturated heterocycles. The maximum atomic E-state index is 11.2. The molecule has 0 heterocycles. The van der Waals surface area contributed by atoms with Crippen LogP contribution in [-0.4, -0.2) is 39.3 Å². The molecule has 1 amide bonds. The molecule has 0 rings (SSSR count). The van der Waals surface area contributed by atoms with Crippen LogP contribution in [0.3, 0.4) is 0 Å². The van der Waals surface area contributed by atoms with Gasteiger partial charge in [-0.1, -0.05) is 13.8 Å². The number of carbonyl (C=O) groups is 1. The first kappa shape index (κ1) is 14.4. The van der Waals surface area contributed by atoms with Crippen molar-refractivity contribution in [2.45, 2.75) is 26.7 Å². The predicted octanol–water partition coefficient (Wildman–Crippen LogP) is 0.775. The molecule has 0 saturated carbocycles. The summed E-state index contributed by atoms with van der Waals surface area (Å²) in [6, 6.07) is 0. The van der Waals surface area contributed by atoms with Crippen LogP contribution in [0.2, 0.25) is 0 Å². The molecular weight excluding hydrogens is 192 g/mol. The minimum atomic E-state index is 0.128. The van der Waals surface area contributed by atoms with Crippen LogP contribution >= 0.6 is 0 Å². The van der Waals surface area contributed by atoms with Crippen LogP contribution in [0.15, 0.2) is 0 Å². The molecule has 0 aromatic heterocycles. The molecule has 0 aliphatic carbocycles. The van der Waals surface area contributed by atoms with Gasteiger partial charge in [-0.05, 0) is 18.9 Å². The van der Waals surface area contributed by atoms with Crippen molar-refractivity contribution in [2.75, 3.05) is 33.4 Å². The molecule has 4 heteroatoms. The first-order chi connectivity index (χ1) is 7.20. The van der Waals surface area contributed by atoms with Gasteiger partial charge in [0.2, 0.25) is 5.91 Å². The Kier molecular flexibility index (Phi) is 9.52. The van der Waals surface area contributed by atoms with E-state index in [1.54, 1.807) is 7.11 Å². The Hall–Kier alpha value is -0.610. The summed E-state index contributed by atoms with van der Waals surface area (Å²) in [5.74, 6) is 0.623. The Labute approximate surface area is 92.8 Å². The maximum Gasteiger partial charge on any atom is 0.221 e. The van der Waals surface area contributed by atoms with Crippen LogP contribution < -0.4 is 10.6 Å². The van der Waals surface area contributed by atoms with E-state index in [9.17, 15) is 4.79 Å². The molecule has 0 aliphatic heterocycles. The number of rotatable bonds is 9. The molecule has 0 aromatic rings. The maximum absolute atomic E-state index is 11.2. The summed E-state index contributed by atoms with van der Waals surface area (Å²) >= 11 is 0. The monoisotopic (exact) mass is 216 g/mol. The minimum absolute atomic E-state index is 0.128. The van der Waals surface area contributed by atoms with Crippen molar-refractivity contribution in [1.82, 2.24) is 10.6 Å². The lowest BCUT2D eigenvalue weighted by Crippen LogP contribution is -2.30. The van der Waals surface area contributed by atoms with Crippen molar-refractivity contribution in [1.29, 1.82) is 0 Å². The quantitative estimate of drug-likeness (QED) is 0.560. The van der Waals surface area contributed by atoms with Gasteiger partial charge in [-0.25, -0.2) is 0 Å². The van der Waals surface area contributed by atoms with Gasteiger partial charge in [0.05, 0.1) is 0 Å². The molecule has 0 fully saturated rings. The summed E-state index contributed by atoms with van der Waals surface area (Å²) in [5, 5.41) is 6.08. The molecule has 0 spiro atoms. The SMILES string of the molecule is CCCNC(=O)CCNCC(C)COC. The Bertz CT molecular complexity index is 163. The van der Waals surface area contributed by atoms with Gasteiger partial charge >= 0.3 is 0 Å². The summed E-state index contributed by atoms with van der Waals surface area (Å²) in [6.07, 6.45) is 1.55. The molecule has 2 N–H and O–H groups in total. The Balaban J connectivity index is 3.26. The number of hydrogen-bond donors (Lipinski definition) is 2. The van der Waals surface area contributed by atoms with E-state index in [2.05, 4.69) is 17.6 Å². The molecule has 0 aromatic carbocycles. The fourth-order valence-corrected chi connectivity index (χ4v) is 1.25. The average molecular weight is 216 g/mol. The number of nitrogens with one attached hydrogen (secondary N) is 2.